The molecule has 0 radical (unpaired) electrons. The van der Waals surface area contributed by atoms with Gasteiger partial charge in [0.25, 0.3) is 0 Å². The highest BCUT2D eigenvalue weighted by atomic mass is 19.4. The topological polar surface area (TPSA) is 42.2 Å². The Labute approximate surface area is 167 Å². The molecule has 0 fully saturated rings. The van der Waals surface area contributed by atoms with Gasteiger partial charge in [0.05, 0.1) is 12.1 Å². The minimum Gasteiger partial charge on any atom is -0.460 e. The van der Waals surface area contributed by atoms with Gasteiger partial charge in [0.1, 0.15) is 17.3 Å². The van der Waals surface area contributed by atoms with Crippen molar-refractivity contribution in [3.63, 3.8) is 0 Å². The van der Waals surface area contributed by atoms with Gasteiger partial charge in [-0.25, -0.2) is 9.97 Å². The van der Waals surface area contributed by atoms with Crippen LogP contribution in [0.1, 0.15) is 48.2 Å². The van der Waals surface area contributed by atoms with Gasteiger partial charge in [-0.2, -0.15) is 13.2 Å². The van der Waals surface area contributed by atoms with E-state index in [0.717, 1.165) is 54.5 Å². The molecule has 4 nitrogen and oxygen atoms in total. The van der Waals surface area contributed by atoms with Crippen LogP contribution in [0.25, 0.3) is 11.3 Å². The zero-order valence-electron chi connectivity index (χ0n) is 16.3. The molecule has 0 amide bonds. The number of benzene rings is 1. The maximum Gasteiger partial charge on any atom is 0.416 e. The number of aromatic nitrogens is 2. The first kappa shape index (κ1) is 19.6. The molecule has 0 atom stereocenters. The minimum atomic E-state index is -4.37. The summed E-state index contributed by atoms with van der Waals surface area (Å²) in [6.45, 7) is 6.32. The van der Waals surface area contributed by atoms with Crippen molar-refractivity contribution in [1.29, 1.82) is 0 Å². The SMILES string of the molecule is CC(C)c1ncc2c(n1)CCN(Cc1ccc(-c3cccc(C(F)(F)F)c3)o1)C2. The number of furan rings is 1. The molecule has 4 rings (SSSR count). The smallest absolute Gasteiger partial charge is 0.416 e. The summed E-state index contributed by atoms with van der Waals surface area (Å²) in [5.74, 6) is 2.33. The van der Waals surface area contributed by atoms with Gasteiger partial charge in [0, 0.05) is 48.4 Å². The normalized spacial score (nSPS) is 15.0. The fraction of sp³-hybridized carbons (Fsp3) is 0.364. The Bertz CT molecular complexity index is 1010. The van der Waals surface area contributed by atoms with Gasteiger partial charge in [-0.05, 0) is 24.3 Å². The lowest BCUT2D eigenvalue weighted by atomic mass is 10.1. The van der Waals surface area contributed by atoms with Gasteiger partial charge in [-0.1, -0.05) is 26.0 Å². The Balaban J connectivity index is 1.46. The van der Waals surface area contributed by atoms with Crippen LogP contribution in [-0.4, -0.2) is 21.4 Å². The lowest BCUT2D eigenvalue weighted by Crippen LogP contribution is -2.31. The van der Waals surface area contributed by atoms with E-state index in [0.29, 0.717) is 23.8 Å². The maximum absolute atomic E-state index is 12.9. The van der Waals surface area contributed by atoms with Crippen LogP contribution in [0.4, 0.5) is 13.2 Å². The molecule has 0 saturated heterocycles. The molecule has 3 heterocycles. The third kappa shape index (κ3) is 4.34. The van der Waals surface area contributed by atoms with E-state index in [2.05, 4.69) is 28.7 Å². The standard InChI is InChI=1S/C22H22F3N3O/c1-14(2)21-26-11-16-12-28(9-8-19(16)27-21)13-18-6-7-20(29-18)15-4-3-5-17(10-15)22(23,24)25/h3-7,10-11,14H,8-9,12-13H2,1-2H3. The molecule has 2 aromatic heterocycles. The minimum absolute atomic E-state index is 0.302. The van der Waals surface area contributed by atoms with E-state index in [4.69, 9.17) is 4.42 Å². The molecule has 3 aromatic rings. The quantitative estimate of drug-likeness (QED) is 0.584. The Kier molecular flexibility index (Phi) is 5.17. The second kappa shape index (κ2) is 7.63. The summed E-state index contributed by atoms with van der Waals surface area (Å²) in [5, 5.41) is 0. The summed E-state index contributed by atoms with van der Waals surface area (Å²) in [4.78, 5) is 11.4. The highest BCUT2D eigenvalue weighted by Crippen LogP contribution is 2.33. The molecule has 7 heteroatoms. The van der Waals surface area contributed by atoms with Crippen molar-refractivity contribution in [2.24, 2.45) is 0 Å². The first-order valence-electron chi connectivity index (χ1n) is 9.63. The Morgan fingerprint density at radius 3 is 2.76 bits per heavy atom. The number of hydrogen-bond acceptors (Lipinski definition) is 4. The molecular weight excluding hydrogens is 379 g/mol. The van der Waals surface area contributed by atoms with Crippen molar-refractivity contribution >= 4 is 0 Å². The fourth-order valence-electron chi connectivity index (χ4n) is 3.49. The maximum atomic E-state index is 12.9. The number of hydrogen-bond donors (Lipinski definition) is 0. The third-order valence-electron chi connectivity index (χ3n) is 5.06. The molecular formula is C22H22F3N3O. The van der Waals surface area contributed by atoms with Crippen molar-refractivity contribution in [2.45, 2.75) is 45.5 Å². The summed E-state index contributed by atoms with van der Waals surface area (Å²) < 4.78 is 44.7. The molecule has 0 unspecified atom stereocenters. The monoisotopic (exact) mass is 401 g/mol. The average molecular weight is 401 g/mol. The van der Waals surface area contributed by atoms with E-state index in [1.165, 1.54) is 6.07 Å². The second-order valence-corrected chi connectivity index (χ2v) is 7.66. The van der Waals surface area contributed by atoms with Crippen LogP contribution in [0.15, 0.2) is 47.0 Å². The second-order valence-electron chi connectivity index (χ2n) is 7.66. The van der Waals surface area contributed by atoms with Crippen molar-refractivity contribution in [3.8, 4) is 11.3 Å². The van der Waals surface area contributed by atoms with Crippen LogP contribution in [0.3, 0.4) is 0 Å². The van der Waals surface area contributed by atoms with Crippen LogP contribution >= 0.6 is 0 Å². The van der Waals surface area contributed by atoms with Gasteiger partial charge >= 0.3 is 6.18 Å². The van der Waals surface area contributed by atoms with Crippen LogP contribution in [0.2, 0.25) is 0 Å². The third-order valence-corrected chi connectivity index (χ3v) is 5.06. The molecule has 1 aromatic carbocycles. The molecule has 0 N–H and O–H groups in total. The van der Waals surface area contributed by atoms with Crippen molar-refractivity contribution in [1.82, 2.24) is 14.9 Å². The highest BCUT2D eigenvalue weighted by molar-refractivity contribution is 5.58. The largest absolute Gasteiger partial charge is 0.460 e. The zero-order chi connectivity index (χ0) is 20.6. The van der Waals surface area contributed by atoms with Crippen LogP contribution in [0.5, 0.6) is 0 Å². The van der Waals surface area contributed by atoms with E-state index >= 15 is 0 Å². The molecule has 0 bridgehead atoms. The molecule has 0 aliphatic carbocycles. The average Bonchev–Trinajstić information content (AvgIpc) is 3.15. The van der Waals surface area contributed by atoms with Crippen LogP contribution < -0.4 is 0 Å². The number of fused-ring (bicyclic) bond motifs is 1. The molecule has 0 spiro atoms. The van der Waals surface area contributed by atoms with Crippen molar-refractivity contribution < 1.29 is 17.6 Å². The first-order valence-corrected chi connectivity index (χ1v) is 9.63. The van der Waals surface area contributed by atoms with Crippen molar-refractivity contribution in [2.75, 3.05) is 6.54 Å². The van der Waals surface area contributed by atoms with Gasteiger partial charge in [-0.15, -0.1) is 0 Å². The van der Waals surface area contributed by atoms with E-state index in [-0.39, 0.29) is 0 Å². The Morgan fingerprint density at radius 2 is 2.00 bits per heavy atom. The fourth-order valence-corrected chi connectivity index (χ4v) is 3.49. The van der Waals surface area contributed by atoms with Gasteiger partial charge < -0.3 is 4.42 Å². The number of rotatable bonds is 4. The van der Waals surface area contributed by atoms with Gasteiger partial charge in [0.2, 0.25) is 0 Å². The first-order chi connectivity index (χ1) is 13.8. The summed E-state index contributed by atoms with van der Waals surface area (Å²) in [6, 6.07) is 8.74. The molecule has 152 valence electrons. The molecule has 1 aliphatic rings. The molecule has 1 aliphatic heterocycles. The lowest BCUT2D eigenvalue weighted by Gasteiger charge is -2.27. The highest BCUT2D eigenvalue weighted by Gasteiger charge is 2.30. The number of halogens is 3. The summed E-state index contributed by atoms with van der Waals surface area (Å²) in [7, 11) is 0. The summed E-state index contributed by atoms with van der Waals surface area (Å²) in [6.07, 6.45) is -1.62. The summed E-state index contributed by atoms with van der Waals surface area (Å²) >= 11 is 0. The van der Waals surface area contributed by atoms with Crippen LogP contribution in [0, 0.1) is 0 Å². The Morgan fingerprint density at radius 1 is 1.17 bits per heavy atom. The van der Waals surface area contributed by atoms with Gasteiger partial charge in [-0.3, -0.25) is 4.90 Å². The Hall–Kier alpha value is -2.67. The predicted molar refractivity (Wildman–Crippen MR) is 103 cm³/mol. The molecule has 29 heavy (non-hydrogen) atoms. The van der Waals surface area contributed by atoms with E-state index in [9.17, 15) is 13.2 Å². The number of alkyl halides is 3. The molecule has 0 saturated carbocycles. The van der Waals surface area contributed by atoms with E-state index in [1.807, 2.05) is 12.3 Å². The number of nitrogens with zero attached hydrogens (tertiary/aromatic N) is 3. The van der Waals surface area contributed by atoms with Crippen LogP contribution in [-0.2, 0) is 25.7 Å². The van der Waals surface area contributed by atoms with Gasteiger partial charge in [0.15, 0.2) is 0 Å². The van der Waals surface area contributed by atoms with Crippen molar-refractivity contribution in [3.05, 3.63) is 71.0 Å². The summed E-state index contributed by atoms with van der Waals surface area (Å²) in [5.41, 5.74) is 1.96. The predicted octanol–water partition coefficient (Wildman–Crippen LogP) is 5.44. The van der Waals surface area contributed by atoms with E-state index in [1.54, 1.807) is 12.1 Å². The van der Waals surface area contributed by atoms with E-state index < -0.39 is 11.7 Å². The lowest BCUT2D eigenvalue weighted by molar-refractivity contribution is -0.137. The zero-order valence-corrected chi connectivity index (χ0v) is 16.3.